The first-order valence-corrected chi connectivity index (χ1v) is 8.41. The van der Waals surface area contributed by atoms with Crippen LogP contribution in [0.1, 0.15) is 24.8 Å². The summed E-state index contributed by atoms with van der Waals surface area (Å²) >= 11 is 0. The maximum absolute atomic E-state index is 10.4. The van der Waals surface area contributed by atoms with E-state index in [0.29, 0.717) is 6.61 Å². The standard InChI is InChI=1S/C8H20NO.C7H8O3S/c1-9(2,3)7-5-4-6-8-10;1-6-2-4-7(5-3-6)11(8,9)10/h10H,4-8H2,1-3H3;2-5H,1H3,(H,8,9,10)/q+1;/p-1. The molecule has 1 aromatic rings. The summed E-state index contributed by atoms with van der Waals surface area (Å²) < 4.78 is 32.2. The summed E-state index contributed by atoms with van der Waals surface area (Å²) in [6.45, 7) is 3.37. The van der Waals surface area contributed by atoms with Crippen molar-refractivity contribution in [3.63, 3.8) is 0 Å². The van der Waals surface area contributed by atoms with E-state index in [1.165, 1.54) is 25.1 Å². The van der Waals surface area contributed by atoms with Crippen LogP contribution in [-0.2, 0) is 10.1 Å². The molecular formula is C15H27NO4S. The number of quaternary nitrogens is 1. The molecule has 5 nitrogen and oxygen atoms in total. The van der Waals surface area contributed by atoms with Gasteiger partial charge in [0.25, 0.3) is 0 Å². The van der Waals surface area contributed by atoms with Crippen molar-refractivity contribution in [3.8, 4) is 0 Å². The molecule has 1 rings (SSSR count). The number of aryl methyl sites for hydroxylation is 1. The van der Waals surface area contributed by atoms with Crippen molar-refractivity contribution in [1.82, 2.24) is 0 Å². The average Bonchev–Trinajstić information content (AvgIpc) is 2.34. The fourth-order valence-corrected chi connectivity index (χ4v) is 2.05. The highest BCUT2D eigenvalue weighted by atomic mass is 32.2. The van der Waals surface area contributed by atoms with Crippen LogP contribution in [0.15, 0.2) is 29.2 Å². The molecule has 0 radical (unpaired) electrons. The minimum Gasteiger partial charge on any atom is -0.744 e. The minimum atomic E-state index is -4.27. The van der Waals surface area contributed by atoms with Crippen LogP contribution in [0.5, 0.6) is 0 Å². The molecule has 6 heteroatoms. The summed E-state index contributed by atoms with van der Waals surface area (Å²) in [5.74, 6) is 0. The van der Waals surface area contributed by atoms with E-state index in [2.05, 4.69) is 21.1 Å². The monoisotopic (exact) mass is 317 g/mol. The Morgan fingerprint density at radius 2 is 1.57 bits per heavy atom. The molecule has 0 fully saturated rings. The van der Waals surface area contributed by atoms with Gasteiger partial charge in [-0.05, 0) is 38.3 Å². The zero-order valence-electron chi connectivity index (χ0n) is 13.4. The molecule has 1 aromatic carbocycles. The maximum Gasteiger partial charge on any atom is 0.124 e. The second-order valence-electron chi connectivity index (χ2n) is 6.07. The Hall–Kier alpha value is -0.950. The van der Waals surface area contributed by atoms with Gasteiger partial charge in [0.05, 0.1) is 32.6 Å². The van der Waals surface area contributed by atoms with E-state index in [1.807, 2.05) is 6.92 Å². The first-order valence-electron chi connectivity index (χ1n) is 7.00. The summed E-state index contributed by atoms with van der Waals surface area (Å²) in [7, 11) is 2.31. The number of unbranched alkanes of at least 4 members (excludes halogenated alkanes) is 2. The summed E-state index contributed by atoms with van der Waals surface area (Å²) in [5, 5.41) is 8.49. The molecule has 0 aliphatic carbocycles. The van der Waals surface area contributed by atoms with Crippen LogP contribution in [0.4, 0.5) is 0 Å². The number of aliphatic hydroxyl groups is 1. The average molecular weight is 317 g/mol. The van der Waals surface area contributed by atoms with E-state index >= 15 is 0 Å². The quantitative estimate of drug-likeness (QED) is 0.493. The fraction of sp³-hybridized carbons (Fsp3) is 0.600. The Bertz CT molecular complexity index is 489. The highest BCUT2D eigenvalue weighted by molar-refractivity contribution is 7.85. The predicted molar refractivity (Wildman–Crippen MR) is 83.0 cm³/mol. The molecule has 0 heterocycles. The normalized spacial score (nSPS) is 11.7. The van der Waals surface area contributed by atoms with Crippen LogP contribution in [-0.4, -0.2) is 56.9 Å². The first-order chi connectivity index (χ1) is 9.56. The zero-order valence-corrected chi connectivity index (χ0v) is 14.2. The molecule has 0 saturated carbocycles. The molecule has 1 N–H and O–H groups in total. The summed E-state index contributed by atoms with van der Waals surface area (Å²) in [6.07, 6.45) is 3.34. The molecule has 0 atom stereocenters. The van der Waals surface area contributed by atoms with Crippen LogP contribution in [0, 0.1) is 6.92 Å². The highest BCUT2D eigenvalue weighted by Gasteiger charge is 2.04. The summed E-state index contributed by atoms with van der Waals surface area (Å²) in [5.41, 5.74) is 0.928. The number of aliphatic hydroxyl groups excluding tert-OH is 1. The van der Waals surface area contributed by atoms with Crippen molar-refractivity contribution in [2.45, 2.75) is 31.1 Å². The lowest BCUT2D eigenvalue weighted by Crippen LogP contribution is -2.35. The van der Waals surface area contributed by atoms with Crippen molar-refractivity contribution in [1.29, 1.82) is 0 Å². The predicted octanol–water partition coefficient (Wildman–Crippen LogP) is 1.75. The Morgan fingerprint density at radius 1 is 1.05 bits per heavy atom. The second-order valence-corrected chi connectivity index (χ2v) is 7.45. The highest BCUT2D eigenvalue weighted by Crippen LogP contribution is 2.08. The van der Waals surface area contributed by atoms with E-state index < -0.39 is 10.1 Å². The van der Waals surface area contributed by atoms with Crippen molar-refractivity contribution in [2.24, 2.45) is 0 Å². The number of hydrogen-bond acceptors (Lipinski definition) is 4. The van der Waals surface area contributed by atoms with Crippen LogP contribution in [0.25, 0.3) is 0 Å². The van der Waals surface area contributed by atoms with Crippen molar-refractivity contribution in [3.05, 3.63) is 29.8 Å². The third kappa shape index (κ3) is 11.4. The van der Waals surface area contributed by atoms with Crippen LogP contribution >= 0.6 is 0 Å². The molecule has 0 saturated heterocycles. The molecular weight excluding hydrogens is 290 g/mol. The fourth-order valence-electron chi connectivity index (χ4n) is 1.58. The van der Waals surface area contributed by atoms with Gasteiger partial charge in [-0.1, -0.05) is 17.7 Å². The largest absolute Gasteiger partial charge is 0.744 e. The molecule has 122 valence electrons. The van der Waals surface area contributed by atoms with Gasteiger partial charge < -0.3 is 14.1 Å². The van der Waals surface area contributed by atoms with Gasteiger partial charge in [-0.2, -0.15) is 0 Å². The van der Waals surface area contributed by atoms with Crippen LogP contribution < -0.4 is 0 Å². The van der Waals surface area contributed by atoms with Gasteiger partial charge in [0.1, 0.15) is 10.1 Å². The number of nitrogens with zero attached hydrogens (tertiary/aromatic N) is 1. The van der Waals surface area contributed by atoms with Gasteiger partial charge >= 0.3 is 0 Å². The molecule has 0 bridgehead atoms. The van der Waals surface area contributed by atoms with E-state index in [-0.39, 0.29) is 4.90 Å². The lowest BCUT2D eigenvalue weighted by Gasteiger charge is -2.23. The Labute approximate surface area is 128 Å². The van der Waals surface area contributed by atoms with E-state index in [4.69, 9.17) is 5.11 Å². The molecule has 0 unspecified atom stereocenters. The zero-order chi connectivity index (χ0) is 16.5. The second kappa shape index (κ2) is 9.15. The third-order valence-electron chi connectivity index (χ3n) is 2.80. The summed E-state index contributed by atoms with van der Waals surface area (Å²) in [4.78, 5) is -0.178. The molecule has 0 aromatic heterocycles. The Kier molecular flexibility index (Phi) is 8.73. The lowest BCUT2D eigenvalue weighted by molar-refractivity contribution is -0.870. The molecule has 0 amide bonds. The van der Waals surface area contributed by atoms with Crippen molar-refractivity contribution < 1.29 is 22.6 Å². The van der Waals surface area contributed by atoms with Gasteiger partial charge in [0.2, 0.25) is 0 Å². The third-order valence-corrected chi connectivity index (χ3v) is 3.65. The van der Waals surface area contributed by atoms with E-state index in [9.17, 15) is 13.0 Å². The lowest BCUT2D eigenvalue weighted by atomic mass is 10.2. The van der Waals surface area contributed by atoms with Crippen molar-refractivity contribution >= 4 is 10.1 Å². The molecule has 0 spiro atoms. The first kappa shape index (κ1) is 20.1. The maximum atomic E-state index is 10.4. The Morgan fingerprint density at radius 3 is 1.95 bits per heavy atom. The number of benzene rings is 1. The SMILES string of the molecule is C[N+](C)(C)CCCCCO.Cc1ccc(S(=O)(=O)[O-])cc1. The van der Waals surface area contributed by atoms with Gasteiger partial charge in [-0.3, -0.25) is 0 Å². The topological polar surface area (TPSA) is 77.4 Å². The smallest absolute Gasteiger partial charge is 0.124 e. The molecule has 0 aliphatic heterocycles. The molecule has 21 heavy (non-hydrogen) atoms. The van der Waals surface area contributed by atoms with Gasteiger partial charge in [0, 0.05) is 6.61 Å². The number of hydrogen-bond donors (Lipinski definition) is 1. The van der Waals surface area contributed by atoms with Crippen LogP contribution in [0.3, 0.4) is 0 Å². The van der Waals surface area contributed by atoms with Gasteiger partial charge in [-0.25, -0.2) is 8.42 Å². The number of rotatable bonds is 6. The van der Waals surface area contributed by atoms with Crippen molar-refractivity contribution in [2.75, 3.05) is 34.3 Å². The summed E-state index contributed by atoms with van der Waals surface area (Å²) in [6, 6.07) is 5.78. The van der Waals surface area contributed by atoms with E-state index in [0.717, 1.165) is 22.9 Å². The van der Waals surface area contributed by atoms with Gasteiger partial charge in [-0.15, -0.1) is 0 Å². The van der Waals surface area contributed by atoms with Crippen LogP contribution in [0.2, 0.25) is 0 Å². The minimum absolute atomic E-state index is 0.178. The molecule has 0 aliphatic rings. The van der Waals surface area contributed by atoms with E-state index in [1.54, 1.807) is 12.1 Å². The Balaban J connectivity index is 0.000000384. The van der Waals surface area contributed by atoms with Gasteiger partial charge in [0.15, 0.2) is 0 Å².